The minimum absolute atomic E-state index is 0.0493. The van der Waals surface area contributed by atoms with Gasteiger partial charge in [-0.15, -0.1) is 0 Å². The van der Waals surface area contributed by atoms with Gasteiger partial charge in [-0.25, -0.2) is 0 Å². The molecule has 0 radical (unpaired) electrons. The molecule has 5 heteroatoms. The van der Waals surface area contributed by atoms with E-state index >= 15 is 0 Å². The van der Waals surface area contributed by atoms with Gasteiger partial charge in [0.2, 0.25) is 0 Å². The van der Waals surface area contributed by atoms with Crippen LogP contribution in [0.2, 0.25) is 0 Å². The Morgan fingerprint density at radius 2 is 1.81 bits per heavy atom. The van der Waals surface area contributed by atoms with Gasteiger partial charge in [-0.05, 0) is 33.6 Å². The Balaban J connectivity index is 3.83. The molecule has 0 heterocycles. The quantitative estimate of drug-likeness (QED) is 0.483. The Morgan fingerprint density at radius 1 is 1.19 bits per heavy atom. The average Bonchev–Trinajstić information content (AvgIpc) is 2.17. The first kappa shape index (κ1) is 15.5. The molecular weight excluding hydrogens is 224 g/mol. The maximum absolute atomic E-state index is 10.9. The van der Waals surface area contributed by atoms with E-state index in [1.54, 1.807) is 6.08 Å². The van der Waals surface area contributed by atoms with Gasteiger partial charge in [0.15, 0.2) is 0 Å². The molecule has 0 aromatic heterocycles. The maximum atomic E-state index is 10.9. The van der Waals surface area contributed by atoms with Crippen molar-refractivity contribution in [1.82, 2.24) is 0 Å². The summed E-state index contributed by atoms with van der Waals surface area (Å²) in [6.07, 6.45) is 5.78. The topological polar surface area (TPSA) is 64.6 Å². The van der Waals surface area contributed by atoms with Gasteiger partial charge in [0, 0.05) is 7.11 Å². The van der Waals surface area contributed by atoms with Crippen LogP contribution in [0.15, 0.2) is 23.3 Å². The predicted molar refractivity (Wildman–Crippen MR) is 61.1 cm³/mol. The highest BCUT2D eigenvalue weighted by atomic mass is 28.4. The van der Waals surface area contributed by atoms with Crippen LogP contribution in [0.3, 0.4) is 0 Å². The molecule has 0 fully saturated rings. The van der Waals surface area contributed by atoms with E-state index in [9.17, 15) is 9.59 Å². The van der Waals surface area contributed by atoms with Crippen LogP contribution >= 0.6 is 0 Å². The normalized spacial score (nSPS) is 12.8. The minimum atomic E-state index is -4.35. The first-order valence-electron chi connectivity index (χ1n) is 5.26. The molecule has 0 spiro atoms. The van der Waals surface area contributed by atoms with Crippen LogP contribution in [0.25, 0.3) is 0 Å². The number of rotatable bonds is 7. The minimum Gasteiger partial charge on any atom is -0.828 e. The van der Waals surface area contributed by atoms with Crippen LogP contribution < -0.4 is 9.59 Å². The molecule has 0 saturated carbocycles. The molecule has 0 atom stereocenters. The van der Waals surface area contributed by atoms with E-state index in [4.69, 9.17) is 0 Å². The van der Waals surface area contributed by atoms with E-state index in [0.717, 1.165) is 25.5 Å². The third kappa shape index (κ3) is 8.81. The van der Waals surface area contributed by atoms with E-state index in [0.29, 0.717) is 0 Å². The molecule has 0 amide bonds. The van der Waals surface area contributed by atoms with Gasteiger partial charge >= 0.3 is 0 Å². The van der Waals surface area contributed by atoms with Crippen LogP contribution in [0.4, 0.5) is 0 Å². The van der Waals surface area contributed by atoms with Gasteiger partial charge < -0.3 is 18.4 Å². The molecule has 0 aliphatic heterocycles. The summed E-state index contributed by atoms with van der Waals surface area (Å²) in [5.41, 5.74) is 2.40. The van der Waals surface area contributed by atoms with Gasteiger partial charge in [-0.1, -0.05) is 23.3 Å². The summed E-state index contributed by atoms with van der Waals surface area (Å²) in [4.78, 5) is 21.7. The molecule has 0 aromatic carbocycles. The molecule has 4 nitrogen and oxygen atoms in total. The van der Waals surface area contributed by atoms with E-state index in [-0.39, 0.29) is 6.61 Å². The first-order chi connectivity index (χ1) is 7.37. The molecular formula is C11H20O4Si-2. The summed E-state index contributed by atoms with van der Waals surface area (Å²) in [6.45, 7) is 6.10. The fourth-order valence-electron chi connectivity index (χ4n) is 1.04. The summed E-state index contributed by atoms with van der Waals surface area (Å²) in [5, 5.41) is 0. The van der Waals surface area contributed by atoms with Crippen molar-refractivity contribution in [3.8, 4) is 0 Å². The predicted octanol–water partition coefficient (Wildman–Crippen LogP) is 0.498. The Morgan fingerprint density at radius 3 is 2.31 bits per heavy atom. The zero-order valence-corrected chi connectivity index (χ0v) is 11.4. The fraction of sp³-hybridized carbons (Fsp3) is 0.636. The standard InChI is InChI=1S/C11H20O4Si/c1-10(2)6-5-7-11(3)8-9-15-16(12,13)14-4/h6,8H,5,7,9H2,1-4H3/q-2/b11-8+. The first-order valence-corrected chi connectivity index (χ1v) is 6.89. The van der Waals surface area contributed by atoms with Crippen molar-refractivity contribution < 1.29 is 18.4 Å². The smallest absolute Gasteiger partial charge is 0.149 e. The van der Waals surface area contributed by atoms with Gasteiger partial charge in [0.1, 0.15) is 9.05 Å². The second-order valence-corrected chi connectivity index (χ2v) is 5.58. The van der Waals surface area contributed by atoms with Gasteiger partial charge in [0.05, 0.1) is 6.61 Å². The van der Waals surface area contributed by atoms with Crippen molar-refractivity contribution in [1.29, 1.82) is 0 Å². The third-order valence-electron chi connectivity index (χ3n) is 2.03. The van der Waals surface area contributed by atoms with E-state index in [1.807, 2.05) is 6.92 Å². The number of hydrogen-bond acceptors (Lipinski definition) is 4. The largest absolute Gasteiger partial charge is 0.828 e. The lowest BCUT2D eigenvalue weighted by molar-refractivity contribution is -0.440. The van der Waals surface area contributed by atoms with Crippen molar-refractivity contribution in [3.05, 3.63) is 23.3 Å². The van der Waals surface area contributed by atoms with Crippen LogP contribution in [-0.4, -0.2) is 22.8 Å². The molecule has 0 N–H and O–H groups in total. The van der Waals surface area contributed by atoms with Crippen LogP contribution in [0, 0.1) is 0 Å². The summed E-state index contributed by atoms with van der Waals surface area (Å²) in [7, 11) is -3.25. The fourth-order valence-corrected chi connectivity index (χ4v) is 1.44. The van der Waals surface area contributed by atoms with Crippen molar-refractivity contribution in [3.63, 3.8) is 0 Å². The number of hydrogen-bond donors (Lipinski definition) is 0. The highest BCUT2D eigenvalue weighted by molar-refractivity contribution is 6.46. The second kappa shape index (κ2) is 7.75. The lowest BCUT2D eigenvalue weighted by Gasteiger charge is -2.41. The molecule has 0 unspecified atom stereocenters. The average molecular weight is 244 g/mol. The highest BCUT2D eigenvalue weighted by Gasteiger charge is 2.00. The van der Waals surface area contributed by atoms with Crippen LogP contribution in [0.5, 0.6) is 0 Å². The van der Waals surface area contributed by atoms with E-state index in [2.05, 4.69) is 28.8 Å². The second-order valence-electron chi connectivity index (χ2n) is 3.89. The zero-order valence-electron chi connectivity index (χ0n) is 10.4. The molecule has 0 aliphatic carbocycles. The highest BCUT2D eigenvalue weighted by Crippen LogP contribution is 2.06. The van der Waals surface area contributed by atoms with Crippen molar-refractivity contribution >= 4 is 9.05 Å². The summed E-state index contributed by atoms with van der Waals surface area (Å²) >= 11 is 0. The molecule has 94 valence electrons. The SMILES string of the molecule is CO[Si]([O-])([O-])OC/C=C(\C)CCC=C(C)C. The van der Waals surface area contributed by atoms with Crippen LogP contribution in [-0.2, 0) is 8.85 Å². The lowest BCUT2D eigenvalue weighted by atomic mass is 10.1. The van der Waals surface area contributed by atoms with E-state index in [1.165, 1.54) is 5.57 Å². The summed E-state index contributed by atoms with van der Waals surface area (Å²) < 4.78 is 8.79. The molecule has 0 bridgehead atoms. The molecule has 16 heavy (non-hydrogen) atoms. The Bertz CT molecular complexity index is 255. The Kier molecular flexibility index (Phi) is 7.53. The molecule has 0 aromatic rings. The van der Waals surface area contributed by atoms with Gasteiger partial charge in [-0.3, -0.25) is 0 Å². The van der Waals surface area contributed by atoms with Crippen molar-refractivity contribution in [2.75, 3.05) is 13.7 Å². The Labute approximate surface area is 98.7 Å². The van der Waals surface area contributed by atoms with Crippen LogP contribution in [0.1, 0.15) is 33.6 Å². The maximum Gasteiger partial charge on any atom is 0.149 e. The Hall–Kier alpha value is -0.463. The lowest BCUT2D eigenvalue weighted by Crippen LogP contribution is -2.66. The summed E-state index contributed by atoms with van der Waals surface area (Å²) in [5.74, 6) is 0. The molecule has 0 saturated heterocycles. The molecule has 0 aliphatic rings. The third-order valence-corrected chi connectivity index (χ3v) is 3.05. The monoisotopic (exact) mass is 244 g/mol. The van der Waals surface area contributed by atoms with Crippen molar-refractivity contribution in [2.24, 2.45) is 0 Å². The molecule has 0 rings (SSSR count). The van der Waals surface area contributed by atoms with Crippen molar-refractivity contribution in [2.45, 2.75) is 33.6 Å². The number of allylic oxidation sites excluding steroid dienone is 3. The summed E-state index contributed by atoms with van der Waals surface area (Å²) in [6, 6.07) is 0. The van der Waals surface area contributed by atoms with E-state index < -0.39 is 9.05 Å². The van der Waals surface area contributed by atoms with Gasteiger partial charge in [0.25, 0.3) is 0 Å². The zero-order chi connectivity index (χ0) is 12.6. The van der Waals surface area contributed by atoms with Gasteiger partial charge in [-0.2, -0.15) is 0 Å².